The van der Waals surface area contributed by atoms with Gasteiger partial charge in [-0.25, -0.2) is 0 Å². The highest BCUT2D eigenvalue weighted by Gasteiger charge is 2.44. The van der Waals surface area contributed by atoms with E-state index in [9.17, 15) is 19.2 Å². The monoisotopic (exact) mass is 592 g/mol. The Labute approximate surface area is 259 Å². The number of hydrogen-bond donors (Lipinski definition) is 0. The minimum absolute atomic E-state index is 0.00943. The van der Waals surface area contributed by atoms with Gasteiger partial charge >= 0.3 is 11.9 Å². The number of allylic oxidation sites excluding steroid dienone is 2. The molecule has 0 radical (unpaired) electrons. The molecular formula is C38H40O6. The number of carbonyl (C=O) groups excluding carboxylic acids is 4. The molecule has 44 heavy (non-hydrogen) atoms. The van der Waals surface area contributed by atoms with Crippen molar-refractivity contribution in [3.05, 3.63) is 112 Å². The van der Waals surface area contributed by atoms with Crippen LogP contribution in [-0.4, -0.2) is 36.7 Å². The summed E-state index contributed by atoms with van der Waals surface area (Å²) in [6.07, 6.45) is 3.01. The van der Waals surface area contributed by atoms with Crippen LogP contribution in [0.15, 0.2) is 78.9 Å². The fraction of sp³-hybridized carbons (Fsp3) is 0.368. The molecule has 228 valence electrons. The third kappa shape index (κ3) is 6.59. The first kappa shape index (κ1) is 31.1. The zero-order chi connectivity index (χ0) is 31.4. The maximum Gasteiger partial charge on any atom is 0.317 e. The van der Waals surface area contributed by atoms with Crippen LogP contribution in [0.2, 0.25) is 0 Å². The zero-order valence-electron chi connectivity index (χ0n) is 25.9. The smallest absolute Gasteiger partial charge is 0.317 e. The molecule has 5 rings (SSSR count). The summed E-state index contributed by atoms with van der Waals surface area (Å²) >= 11 is 0. The van der Waals surface area contributed by atoms with Crippen LogP contribution in [0.25, 0.3) is 5.57 Å². The lowest BCUT2D eigenvalue weighted by Gasteiger charge is -2.35. The minimum Gasteiger partial charge on any atom is -0.465 e. The molecule has 0 bridgehead atoms. The molecule has 2 aliphatic rings. The van der Waals surface area contributed by atoms with E-state index in [4.69, 9.17) is 9.47 Å². The lowest BCUT2D eigenvalue weighted by molar-refractivity contribution is -0.154. The lowest BCUT2D eigenvalue weighted by atomic mass is 9.68. The van der Waals surface area contributed by atoms with E-state index >= 15 is 0 Å². The SMILES string of the molecule is CCOC(=O)C1C(=O)C=C(c2ccc(C)cc2)CC1c1ccc(C2CC(c3ccc(C)cc3)CC(=O)C2C(=O)OCC)cc1. The Morgan fingerprint density at radius 2 is 1.16 bits per heavy atom. The molecule has 1 fully saturated rings. The Bertz CT molecular complexity index is 1550. The molecule has 0 heterocycles. The van der Waals surface area contributed by atoms with Gasteiger partial charge in [0.2, 0.25) is 0 Å². The van der Waals surface area contributed by atoms with E-state index in [-0.39, 0.29) is 36.6 Å². The number of hydrogen-bond acceptors (Lipinski definition) is 6. The molecule has 2 aliphatic carbocycles. The molecule has 6 heteroatoms. The Kier molecular flexibility index (Phi) is 9.58. The number of ketones is 2. The van der Waals surface area contributed by atoms with Crippen LogP contribution in [0.1, 0.15) is 84.2 Å². The summed E-state index contributed by atoms with van der Waals surface area (Å²) in [5, 5.41) is 0. The van der Waals surface area contributed by atoms with Crippen LogP contribution >= 0.6 is 0 Å². The van der Waals surface area contributed by atoms with Crippen LogP contribution in [0.4, 0.5) is 0 Å². The van der Waals surface area contributed by atoms with Gasteiger partial charge in [-0.3, -0.25) is 19.2 Å². The zero-order valence-corrected chi connectivity index (χ0v) is 25.9. The molecule has 0 aliphatic heterocycles. The molecule has 5 unspecified atom stereocenters. The number of benzene rings is 3. The van der Waals surface area contributed by atoms with E-state index in [0.29, 0.717) is 19.3 Å². The maximum absolute atomic E-state index is 13.5. The van der Waals surface area contributed by atoms with Crippen molar-refractivity contribution in [3.63, 3.8) is 0 Å². The second kappa shape index (κ2) is 13.5. The Morgan fingerprint density at radius 3 is 1.73 bits per heavy atom. The van der Waals surface area contributed by atoms with Crippen molar-refractivity contribution in [1.82, 2.24) is 0 Å². The largest absolute Gasteiger partial charge is 0.465 e. The van der Waals surface area contributed by atoms with Gasteiger partial charge in [-0.2, -0.15) is 0 Å². The number of carbonyl (C=O) groups is 4. The normalized spacial score (nSPS) is 23.5. The summed E-state index contributed by atoms with van der Waals surface area (Å²) in [7, 11) is 0. The molecule has 5 atom stereocenters. The predicted octanol–water partition coefficient (Wildman–Crippen LogP) is 7.03. The van der Waals surface area contributed by atoms with Crippen molar-refractivity contribution in [2.45, 2.75) is 64.7 Å². The molecule has 0 saturated heterocycles. The standard InChI is InChI=1S/C38H40O6/c1-5-43-37(41)35-31(19-29(21-33(35)39)25-11-7-23(3)8-12-25)27-15-17-28(18-16-27)32-20-30(26-13-9-24(4)10-14-26)22-34(40)36(32)38(42)44-6-2/h7-18,21,30-32,35-36H,5-6,19-20,22H2,1-4H3. The summed E-state index contributed by atoms with van der Waals surface area (Å²) in [6.45, 7) is 7.92. The summed E-state index contributed by atoms with van der Waals surface area (Å²) in [4.78, 5) is 53.0. The lowest BCUT2D eigenvalue weighted by Crippen LogP contribution is -2.37. The fourth-order valence-electron chi connectivity index (χ4n) is 6.72. The molecule has 6 nitrogen and oxygen atoms in total. The Morgan fingerprint density at radius 1 is 0.659 bits per heavy atom. The molecule has 0 N–H and O–H groups in total. The second-order valence-electron chi connectivity index (χ2n) is 12.0. The van der Waals surface area contributed by atoms with Gasteiger partial charge in [-0.15, -0.1) is 0 Å². The number of esters is 2. The molecule has 0 amide bonds. The molecule has 3 aromatic rings. The number of Topliss-reactive ketones (excluding diaryl/α,β-unsaturated/α-hetero) is 1. The van der Waals surface area contributed by atoms with Gasteiger partial charge in [0.05, 0.1) is 13.2 Å². The average molecular weight is 593 g/mol. The number of ether oxygens (including phenoxy) is 2. The summed E-state index contributed by atoms with van der Waals surface area (Å²) < 4.78 is 10.7. The van der Waals surface area contributed by atoms with Gasteiger partial charge in [0.25, 0.3) is 0 Å². The fourth-order valence-corrected chi connectivity index (χ4v) is 6.72. The predicted molar refractivity (Wildman–Crippen MR) is 169 cm³/mol. The van der Waals surface area contributed by atoms with Crippen molar-refractivity contribution < 1.29 is 28.7 Å². The van der Waals surface area contributed by atoms with Crippen LogP contribution < -0.4 is 0 Å². The number of rotatable bonds is 8. The Balaban J connectivity index is 1.48. The van der Waals surface area contributed by atoms with Gasteiger partial charge in [-0.1, -0.05) is 83.9 Å². The first-order valence-electron chi connectivity index (χ1n) is 15.5. The van der Waals surface area contributed by atoms with E-state index < -0.39 is 29.7 Å². The summed E-state index contributed by atoms with van der Waals surface area (Å²) in [6, 6.07) is 24.0. The highest BCUT2D eigenvalue weighted by Crippen LogP contribution is 2.45. The average Bonchev–Trinajstić information content (AvgIpc) is 3.01. The van der Waals surface area contributed by atoms with Gasteiger partial charge in [-0.05, 0) is 80.4 Å². The van der Waals surface area contributed by atoms with Crippen LogP contribution in [0, 0.1) is 25.7 Å². The van der Waals surface area contributed by atoms with Crippen molar-refractivity contribution >= 4 is 29.1 Å². The first-order chi connectivity index (χ1) is 21.2. The van der Waals surface area contributed by atoms with Gasteiger partial charge in [0.15, 0.2) is 5.78 Å². The first-order valence-corrected chi connectivity index (χ1v) is 15.5. The number of aryl methyl sites for hydroxylation is 2. The molecule has 1 saturated carbocycles. The highest BCUT2D eigenvalue weighted by molar-refractivity contribution is 6.10. The van der Waals surface area contributed by atoms with Gasteiger partial charge in [0.1, 0.15) is 17.6 Å². The van der Waals surface area contributed by atoms with Crippen molar-refractivity contribution in [1.29, 1.82) is 0 Å². The van der Waals surface area contributed by atoms with Crippen LogP contribution in [0.5, 0.6) is 0 Å². The van der Waals surface area contributed by atoms with Crippen molar-refractivity contribution in [3.8, 4) is 0 Å². The van der Waals surface area contributed by atoms with E-state index in [1.54, 1.807) is 19.9 Å². The second-order valence-corrected chi connectivity index (χ2v) is 12.0. The van der Waals surface area contributed by atoms with E-state index in [2.05, 4.69) is 12.1 Å². The molecule has 0 aromatic heterocycles. The summed E-state index contributed by atoms with van der Waals surface area (Å²) in [5.41, 5.74) is 6.89. The minimum atomic E-state index is -0.940. The van der Waals surface area contributed by atoms with Crippen molar-refractivity contribution in [2.75, 3.05) is 13.2 Å². The van der Waals surface area contributed by atoms with Gasteiger partial charge in [0, 0.05) is 18.3 Å². The van der Waals surface area contributed by atoms with Gasteiger partial charge < -0.3 is 9.47 Å². The Hall–Kier alpha value is -4.32. The molecule has 3 aromatic carbocycles. The van der Waals surface area contributed by atoms with E-state index in [1.807, 2.05) is 74.5 Å². The van der Waals surface area contributed by atoms with E-state index in [0.717, 1.165) is 39.0 Å². The van der Waals surface area contributed by atoms with Crippen molar-refractivity contribution in [2.24, 2.45) is 11.8 Å². The highest BCUT2D eigenvalue weighted by atomic mass is 16.5. The van der Waals surface area contributed by atoms with Crippen LogP contribution in [-0.2, 0) is 28.7 Å². The van der Waals surface area contributed by atoms with Crippen LogP contribution in [0.3, 0.4) is 0 Å². The van der Waals surface area contributed by atoms with E-state index in [1.165, 1.54) is 0 Å². The maximum atomic E-state index is 13.5. The molecular weight excluding hydrogens is 552 g/mol. The topological polar surface area (TPSA) is 86.7 Å². The quantitative estimate of drug-likeness (QED) is 0.206. The molecule has 0 spiro atoms. The summed E-state index contributed by atoms with van der Waals surface area (Å²) in [5.74, 6) is -3.97. The third-order valence-corrected chi connectivity index (χ3v) is 9.05. The third-order valence-electron chi connectivity index (χ3n) is 9.05.